The lowest BCUT2D eigenvalue weighted by Gasteiger charge is -2.41. The van der Waals surface area contributed by atoms with Gasteiger partial charge in [-0.3, -0.25) is 4.90 Å². The quantitative estimate of drug-likeness (QED) is 0.774. The van der Waals surface area contributed by atoms with E-state index in [4.69, 9.17) is 0 Å². The summed E-state index contributed by atoms with van der Waals surface area (Å²) in [6.45, 7) is 8.44. The molecule has 0 saturated heterocycles. The van der Waals surface area contributed by atoms with Crippen molar-refractivity contribution in [3.63, 3.8) is 0 Å². The molecular weight excluding hydrogens is 208 g/mol. The van der Waals surface area contributed by atoms with Gasteiger partial charge in [0.05, 0.1) is 0 Å². The van der Waals surface area contributed by atoms with E-state index in [1.807, 2.05) is 0 Å². The highest BCUT2D eigenvalue weighted by molar-refractivity contribution is 5.33. The van der Waals surface area contributed by atoms with Crippen molar-refractivity contribution in [1.29, 1.82) is 0 Å². The molecule has 0 spiro atoms. The van der Waals surface area contributed by atoms with Gasteiger partial charge in [-0.15, -0.1) is 0 Å². The summed E-state index contributed by atoms with van der Waals surface area (Å²) >= 11 is 0. The van der Waals surface area contributed by atoms with Crippen LogP contribution in [0.1, 0.15) is 62.7 Å². The minimum Gasteiger partial charge on any atom is -0.351 e. The first-order valence-electron chi connectivity index (χ1n) is 7.28. The summed E-state index contributed by atoms with van der Waals surface area (Å²) in [6.07, 6.45) is 7.62. The summed E-state index contributed by atoms with van der Waals surface area (Å²) in [4.78, 5) is 2.72. The van der Waals surface area contributed by atoms with Crippen LogP contribution in [-0.2, 0) is 6.54 Å². The first-order valence-corrected chi connectivity index (χ1v) is 7.28. The number of rotatable bonds is 3. The van der Waals surface area contributed by atoms with Crippen LogP contribution in [0.15, 0.2) is 12.3 Å². The Labute approximate surface area is 105 Å². The summed E-state index contributed by atoms with van der Waals surface area (Å²) in [7, 11) is 0. The average Bonchev–Trinajstić information content (AvgIpc) is 2.76. The summed E-state index contributed by atoms with van der Waals surface area (Å²) in [6, 6.07) is 3.07. The average molecular weight is 232 g/mol. The predicted molar refractivity (Wildman–Crippen MR) is 71.3 cm³/mol. The SMILES string of the molecule is CCCN1C[C@H]2CCCn3ccc(c32)[C@@H]1CC. The summed E-state index contributed by atoms with van der Waals surface area (Å²) < 4.78 is 2.52. The van der Waals surface area contributed by atoms with Gasteiger partial charge in [-0.2, -0.15) is 0 Å². The Morgan fingerprint density at radius 3 is 3.00 bits per heavy atom. The Balaban J connectivity index is 1.99. The van der Waals surface area contributed by atoms with E-state index < -0.39 is 0 Å². The molecule has 0 saturated carbocycles. The molecule has 0 radical (unpaired) electrons. The van der Waals surface area contributed by atoms with Crippen molar-refractivity contribution in [2.24, 2.45) is 0 Å². The zero-order valence-electron chi connectivity index (χ0n) is 11.2. The fourth-order valence-electron chi connectivity index (χ4n) is 3.89. The van der Waals surface area contributed by atoms with Crippen LogP contribution in [0.5, 0.6) is 0 Å². The molecule has 1 aromatic rings. The van der Waals surface area contributed by atoms with E-state index in [9.17, 15) is 0 Å². The lowest BCUT2D eigenvalue weighted by molar-refractivity contribution is 0.150. The first kappa shape index (κ1) is 11.3. The van der Waals surface area contributed by atoms with E-state index in [1.165, 1.54) is 45.3 Å². The van der Waals surface area contributed by atoms with Crippen molar-refractivity contribution in [3.05, 3.63) is 23.5 Å². The van der Waals surface area contributed by atoms with E-state index in [0.717, 1.165) is 5.92 Å². The van der Waals surface area contributed by atoms with Gasteiger partial charge in [0.1, 0.15) is 0 Å². The van der Waals surface area contributed by atoms with Crippen molar-refractivity contribution >= 4 is 0 Å². The molecule has 0 N–H and O–H groups in total. The van der Waals surface area contributed by atoms with E-state index in [0.29, 0.717) is 6.04 Å². The number of nitrogens with zero attached hydrogens (tertiary/aromatic N) is 2. The Morgan fingerprint density at radius 2 is 2.24 bits per heavy atom. The molecule has 2 nitrogen and oxygen atoms in total. The molecule has 0 aromatic carbocycles. The molecule has 0 amide bonds. The van der Waals surface area contributed by atoms with E-state index in [-0.39, 0.29) is 0 Å². The molecule has 1 aromatic heterocycles. The fraction of sp³-hybridized carbons (Fsp3) is 0.733. The van der Waals surface area contributed by atoms with Crippen molar-refractivity contribution in [2.45, 2.75) is 58.0 Å². The molecule has 2 aliphatic heterocycles. The second kappa shape index (κ2) is 4.49. The zero-order valence-corrected chi connectivity index (χ0v) is 11.2. The monoisotopic (exact) mass is 232 g/mol. The van der Waals surface area contributed by atoms with Crippen molar-refractivity contribution in [1.82, 2.24) is 9.47 Å². The topological polar surface area (TPSA) is 8.17 Å². The van der Waals surface area contributed by atoms with Crippen LogP contribution >= 0.6 is 0 Å². The molecule has 3 heterocycles. The van der Waals surface area contributed by atoms with Gasteiger partial charge in [0.15, 0.2) is 0 Å². The Bertz CT molecular complexity index is 394. The maximum absolute atomic E-state index is 2.72. The maximum Gasteiger partial charge on any atom is 0.0363 e. The molecule has 2 heteroatoms. The fourth-order valence-corrected chi connectivity index (χ4v) is 3.89. The van der Waals surface area contributed by atoms with Gasteiger partial charge in [-0.05, 0) is 43.9 Å². The standard InChI is InChI=1S/C15H24N2/c1-3-8-17-11-12-6-5-9-16-10-7-13(15(12)16)14(17)4-2/h7,10,12,14H,3-6,8-9,11H2,1-2H3/t12-,14+/m1/s1. The first-order chi connectivity index (χ1) is 8.35. The Kier molecular flexibility index (Phi) is 2.99. The van der Waals surface area contributed by atoms with Gasteiger partial charge < -0.3 is 4.57 Å². The van der Waals surface area contributed by atoms with Gasteiger partial charge in [0.25, 0.3) is 0 Å². The van der Waals surface area contributed by atoms with Crippen molar-refractivity contribution in [2.75, 3.05) is 13.1 Å². The lowest BCUT2D eigenvalue weighted by Crippen LogP contribution is -2.39. The number of hydrogen-bond acceptors (Lipinski definition) is 1. The number of hydrogen-bond donors (Lipinski definition) is 0. The summed E-state index contributed by atoms with van der Waals surface area (Å²) in [5.74, 6) is 0.808. The van der Waals surface area contributed by atoms with Crippen LogP contribution in [0, 0.1) is 0 Å². The zero-order chi connectivity index (χ0) is 11.8. The molecule has 0 bridgehead atoms. The third-order valence-corrected chi connectivity index (χ3v) is 4.53. The van der Waals surface area contributed by atoms with Crippen LogP contribution in [-0.4, -0.2) is 22.6 Å². The maximum atomic E-state index is 2.72. The Hall–Kier alpha value is -0.760. The number of aryl methyl sites for hydroxylation is 1. The second-order valence-corrected chi connectivity index (χ2v) is 5.61. The van der Waals surface area contributed by atoms with Gasteiger partial charge in [0.2, 0.25) is 0 Å². The minimum atomic E-state index is 0.681. The third-order valence-electron chi connectivity index (χ3n) is 4.53. The largest absolute Gasteiger partial charge is 0.351 e. The van der Waals surface area contributed by atoms with Crippen molar-refractivity contribution in [3.8, 4) is 0 Å². The van der Waals surface area contributed by atoms with E-state index >= 15 is 0 Å². The van der Waals surface area contributed by atoms with E-state index in [2.05, 4.69) is 35.6 Å². The van der Waals surface area contributed by atoms with E-state index in [1.54, 1.807) is 11.3 Å². The van der Waals surface area contributed by atoms with Crippen LogP contribution in [0.25, 0.3) is 0 Å². The highest BCUT2D eigenvalue weighted by atomic mass is 15.2. The minimum absolute atomic E-state index is 0.681. The molecule has 2 aliphatic rings. The van der Waals surface area contributed by atoms with Crippen LogP contribution in [0.4, 0.5) is 0 Å². The summed E-state index contributed by atoms with van der Waals surface area (Å²) in [5, 5.41) is 0. The molecule has 0 fully saturated rings. The molecule has 3 rings (SSSR count). The van der Waals surface area contributed by atoms with Gasteiger partial charge in [-0.25, -0.2) is 0 Å². The van der Waals surface area contributed by atoms with Gasteiger partial charge >= 0.3 is 0 Å². The molecule has 0 unspecified atom stereocenters. The summed E-state index contributed by atoms with van der Waals surface area (Å²) in [5.41, 5.74) is 3.31. The van der Waals surface area contributed by atoms with Crippen LogP contribution in [0.3, 0.4) is 0 Å². The molecule has 94 valence electrons. The third kappa shape index (κ3) is 1.74. The Morgan fingerprint density at radius 1 is 1.35 bits per heavy atom. The highest BCUT2D eigenvalue weighted by Gasteiger charge is 2.35. The smallest absolute Gasteiger partial charge is 0.0363 e. The second-order valence-electron chi connectivity index (χ2n) is 5.61. The van der Waals surface area contributed by atoms with Gasteiger partial charge in [-0.1, -0.05) is 13.8 Å². The van der Waals surface area contributed by atoms with Gasteiger partial charge in [0, 0.05) is 36.9 Å². The van der Waals surface area contributed by atoms with Crippen LogP contribution < -0.4 is 0 Å². The molecule has 0 aliphatic carbocycles. The molecule has 17 heavy (non-hydrogen) atoms. The van der Waals surface area contributed by atoms with Crippen LogP contribution in [0.2, 0.25) is 0 Å². The predicted octanol–water partition coefficient (Wildman–Crippen LogP) is 3.54. The number of aromatic nitrogens is 1. The molecule has 2 atom stereocenters. The normalized spacial score (nSPS) is 28.1. The highest BCUT2D eigenvalue weighted by Crippen LogP contribution is 2.42. The molecular formula is C15H24N2. The van der Waals surface area contributed by atoms with Crippen molar-refractivity contribution < 1.29 is 0 Å². The lowest BCUT2D eigenvalue weighted by atomic mass is 9.85.